The molecule has 0 aromatic carbocycles. The van der Waals surface area contributed by atoms with E-state index in [4.69, 9.17) is 4.74 Å². The van der Waals surface area contributed by atoms with Gasteiger partial charge in [0.25, 0.3) is 5.91 Å². The molecule has 3 saturated heterocycles. The fraction of sp³-hybridized carbons (Fsp3) is 0.824. The summed E-state index contributed by atoms with van der Waals surface area (Å²) in [6.45, 7) is 6.80. The van der Waals surface area contributed by atoms with Gasteiger partial charge in [0.2, 0.25) is 0 Å². The summed E-state index contributed by atoms with van der Waals surface area (Å²) in [7, 11) is 3.89. The Hall–Kier alpha value is -1.87. The summed E-state index contributed by atoms with van der Waals surface area (Å²) in [5.74, 6) is 0.769. The minimum Gasteiger partial charge on any atom is -0.374 e. The van der Waals surface area contributed by atoms with Gasteiger partial charge in [-0.1, -0.05) is 0 Å². The average molecular weight is 366 g/mol. The number of likely N-dealkylation sites (tertiary alicyclic amines) is 1. The number of nitrogens with zero attached hydrogens (tertiary/aromatic N) is 3. The number of carbonyl (C=O) groups is 2. The van der Waals surface area contributed by atoms with Crippen LogP contribution in [0.3, 0.4) is 0 Å². The lowest BCUT2D eigenvalue weighted by atomic mass is 9.79. The third kappa shape index (κ3) is 3.93. The summed E-state index contributed by atoms with van der Waals surface area (Å²) >= 11 is 0. The number of rotatable bonds is 3. The number of piperidine rings is 1. The van der Waals surface area contributed by atoms with Gasteiger partial charge in [-0.15, -0.1) is 0 Å². The Morgan fingerprint density at radius 3 is 2.65 bits per heavy atom. The molecule has 3 N–H and O–H groups in total. The predicted octanol–water partition coefficient (Wildman–Crippen LogP) is -0.797. The fourth-order valence-electron chi connectivity index (χ4n) is 4.04. The average Bonchev–Trinajstić information content (AvgIpc) is 2.89. The number of guanidine groups is 1. The minimum atomic E-state index is -0.805. The highest BCUT2D eigenvalue weighted by Crippen LogP contribution is 2.30. The van der Waals surface area contributed by atoms with E-state index in [2.05, 4.69) is 37.8 Å². The van der Waals surface area contributed by atoms with Crippen LogP contribution < -0.4 is 16.0 Å². The minimum absolute atomic E-state index is 0.124. The first-order chi connectivity index (χ1) is 12.4. The number of imide groups is 1. The summed E-state index contributed by atoms with van der Waals surface area (Å²) in [5, 5.41) is 8.56. The summed E-state index contributed by atoms with van der Waals surface area (Å²) in [4.78, 5) is 32.5. The smallest absolute Gasteiger partial charge is 0.322 e. The molecule has 3 aliphatic heterocycles. The maximum Gasteiger partial charge on any atom is 0.322 e. The van der Waals surface area contributed by atoms with E-state index in [1.54, 1.807) is 7.05 Å². The molecule has 3 rings (SSSR count). The third-order valence-electron chi connectivity index (χ3n) is 5.72. The Morgan fingerprint density at radius 1 is 1.35 bits per heavy atom. The molecule has 3 amide bonds. The van der Waals surface area contributed by atoms with E-state index in [9.17, 15) is 9.59 Å². The quantitative estimate of drug-likeness (QED) is 0.344. The van der Waals surface area contributed by atoms with Crippen molar-refractivity contribution >= 4 is 17.9 Å². The second kappa shape index (κ2) is 7.79. The van der Waals surface area contributed by atoms with Crippen LogP contribution in [0.25, 0.3) is 0 Å². The number of nitrogens with one attached hydrogen (secondary N) is 3. The lowest BCUT2D eigenvalue weighted by Gasteiger charge is -2.40. The van der Waals surface area contributed by atoms with Crippen LogP contribution in [0.4, 0.5) is 4.79 Å². The van der Waals surface area contributed by atoms with Crippen LogP contribution in [0, 0.1) is 5.92 Å². The highest BCUT2D eigenvalue weighted by atomic mass is 16.5. The number of ether oxygens (including phenoxy) is 1. The number of urea groups is 1. The van der Waals surface area contributed by atoms with E-state index in [-0.39, 0.29) is 17.9 Å². The van der Waals surface area contributed by atoms with Crippen molar-refractivity contribution < 1.29 is 14.3 Å². The normalized spacial score (nSPS) is 31.7. The van der Waals surface area contributed by atoms with Crippen molar-refractivity contribution in [3.63, 3.8) is 0 Å². The Morgan fingerprint density at radius 2 is 2.08 bits per heavy atom. The zero-order valence-electron chi connectivity index (χ0n) is 15.9. The van der Waals surface area contributed by atoms with Crippen molar-refractivity contribution in [1.29, 1.82) is 0 Å². The first-order valence-electron chi connectivity index (χ1n) is 9.31. The fourth-order valence-corrected chi connectivity index (χ4v) is 4.04. The Kier molecular flexibility index (Phi) is 5.67. The molecular formula is C17H30N6O3. The summed E-state index contributed by atoms with van der Waals surface area (Å²) in [6, 6.07) is -0.394. The number of likely N-dealkylation sites (N-methyl/N-ethyl adjacent to an activating group) is 1. The lowest BCUT2D eigenvalue weighted by molar-refractivity contribution is -0.125. The van der Waals surface area contributed by atoms with Crippen molar-refractivity contribution in [2.75, 3.05) is 53.4 Å². The second-order valence-corrected chi connectivity index (χ2v) is 7.56. The molecular weight excluding hydrogens is 336 g/mol. The van der Waals surface area contributed by atoms with Gasteiger partial charge >= 0.3 is 6.03 Å². The molecule has 26 heavy (non-hydrogen) atoms. The van der Waals surface area contributed by atoms with Crippen molar-refractivity contribution in [2.24, 2.45) is 10.9 Å². The molecule has 3 aliphatic rings. The van der Waals surface area contributed by atoms with Gasteiger partial charge in [-0.2, -0.15) is 0 Å². The third-order valence-corrected chi connectivity index (χ3v) is 5.72. The molecule has 3 heterocycles. The van der Waals surface area contributed by atoms with Crippen molar-refractivity contribution in [2.45, 2.75) is 31.4 Å². The molecule has 3 fully saturated rings. The molecule has 0 spiro atoms. The van der Waals surface area contributed by atoms with Crippen LogP contribution in [0.15, 0.2) is 4.99 Å². The summed E-state index contributed by atoms with van der Waals surface area (Å²) in [6.07, 6.45) is 1.82. The number of hydrogen-bond donors (Lipinski definition) is 3. The van der Waals surface area contributed by atoms with Gasteiger partial charge in [-0.25, -0.2) is 4.79 Å². The predicted molar refractivity (Wildman–Crippen MR) is 98.0 cm³/mol. The van der Waals surface area contributed by atoms with Gasteiger partial charge in [-0.05, 0) is 32.7 Å². The van der Waals surface area contributed by atoms with Gasteiger partial charge in [0.1, 0.15) is 5.54 Å². The highest BCUT2D eigenvalue weighted by Gasteiger charge is 2.48. The SMILES string of the molecule is CN=C(NCC1CN(C)CCO1)N1CCC(C2(C)NC(=O)NC2=O)CC1. The van der Waals surface area contributed by atoms with Gasteiger partial charge in [0, 0.05) is 39.8 Å². The molecule has 0 aromatic rings. The van der Waals surface area contributed by atoms with Crippen LogP contribution >= 0.6 is 0 Å². The Labute approximate surface area is 154 Å². The summed E-state index contributed by atoms with van der Waals surface area (Å²) in [5.41, 5.74) is -0.805. The van der Waals surface area contributed by atoms with E-state index >= 15 is 0 Å². The van der Waals surface area contributed by atoms with Crippen molar-refractivity contribution in [3.8, 4) is 0 Å². The van der Waals surface area contributed by atoms with E-state index in [1.165, 1.54) is 0 Å². The topological polar surface area (TPSA) is 98.3 Å². The van der Waals surface area contributed by atoms with E-state index < -0.39 is 11.6 Å². The number of carbonyl (C=O) groups excluding carboxylic acids is 2. The molecule has 9 nitrogen and oxygen atoms in total. The number of amides is 3. The Bertz CT molecular complexity index is 575. The standard InChI is InChI=1S/C17H30N6O3/c1-17(14(24)20-16(25)21-17)12-4-6-23(7-5-12)15(18-2)19-10-13-11-22(3)8-9-26-13/h12-13H,4-11H2,1-3H3,(H,18,19)(H2,20,21,24,25). The van der Waals surface area contributed by atoms with Gasteiger partial charge in [0.15, 0.2) is 5.96 Å². The van der Waals surface area contributed by atoms with Gasteiger partial charge in [0.05, 0.1) is 12.7 Å². The molecule has 9 heteroatoms. The molecule has 2 atom stereocenters. The first-order valence-corrected chi connectivity index (χ1v) is 9.31. The number of hydrogen-bond acceptors (Lipinski definition) is 5. The molecule has 0 radical (unpaired) electrons. The van der Waals surface area contributed by atoms with Crippen LogP contribution in [0.1, 0.15) is 19.8 Å². The largest absolute Gasteiger partial charge is 0.374 e. The maximum absolute atomic E-state index is 12.1. The van der Waals surface area contributed by atoms with Crippen LogP contribution in [0.2, 0.25) is 0 Å². The highest BCUT2D eigenvalue weighted by molar-refractivity contribution is 6.07. The van der Waals surface area contributed by atoms with Crippen molar-refractivity contribution in [1.82, 2.24) is 25.8 Å². The van der Waals surface area contributed by atoms with Crippen LogP contribution in [-0.4, -0.2) is 92.8 Å². The monoisotopic (exact) mass is 366 g/mol. The van der Waals surface area contributed by atoms with E-state index in [0.717, 1.165) is 58.1 Å². The van der Waals surface area contributed by atoms with Crippen LogP contribution in [0.5, 0.6) is 0 Å². The Balaban J connectivity index is 1.50. The molecule has 0 aliphatic carbocycles. The molecule has 0 bridgehead atoms. The molecule has 0 aromatic heterocycles. The van der Waals surface area contributed by atoms with Crippen LogP contribution in [-0.2, 0) is 9.53 Å². The zero-order valence-corrected chi connectivity index (χ0v) is 15.9. The van der Waals surface area contributed by atoms with E-state index in [1.807, 2.05) is 6.92 Å². The number of morpholine rings is 1. The maximum atomic E-state index is 12.1. The van der Waals surface area contributed by atoms with Gasteiger partial charge in [-0.3, -0.25) is 15.1 Å². The summed E-state index contributed by atoms with van der Waals surface area (Å²) < 4.78 is 5.79. The molecule has 146 valence electrons. The van der Waals surface area contributed by atoms with E-state index in [0.29, 0.717) is 0 Å². The molecule has 2 unspecified atom stereocenters. The lowest BCUT2D eigenvalue weighted by Crippen LogP contribution is -2.56. The second-order valence-electron chi connectivity index (χ2n) is 7.56. The van der Waals surface area contributed by atoms with Gasteiger partial charge < -0.3 is 25.2 Å². The zero-order chi connectivity index (χ0) is 18.7. The first kappa shape index (κ1) is 18.9. The molecule has 0 saturated carbocycles. The van der Waals surface area contributed by atoms with Crippen molar-refractivity contribution in [3.05, 3.63) is 0 Å². The number of aliphatic imine (C=N–C) groups is 1.